The van der Waals surface area contributed by atoms with Crippen molar-refractivity contribution in [3.8, 4) is 0 Å². The van der Waals surface area contributed by atoms with Crippen LogP contribution in [-0.4, -0.2) is 46.6 Å². The number of nitrogens with zero attached hydrogens (tertiary/aromatic N) is 3. The molecule has 2 aliphatic rings. The van der Waals surface area contributed by atoms with Crippen molar-refractivity contribution in [1.82, 2.24) is 9.88 Å². The number of fused-ring (bicyclic) bond motifs is 1. The van der Waals surface area contributed by atoms with E-state index in [0.717, 1.165) is 30.0 Å². The Morgan fingerprint density at radius 3 is 2.86 bits per heavy atom. The Morgan fingerprint density at radius 1 is 1.38 bits per heavy atom. The molecule has 2 aliphatic heterocycles. The molecule has 0 bridgehead atoms. The number of aryl methyl sites for hydroxylation is 2. The zero-order valence-electron chi connectivity index (χ0n) is 13.1. The lowest BCUT2D eigenvalue weighted by molar-refractivity contribution is 0.203. The lowest BCUT2D eigenvalue weighted by atomic mass is 10.0. The van der Waals surface area contributed by atoms with Gasteiger partial charge in [0.25, 0.3) is 0 Å². The minimum atomic E-state index is 0.455. The summed E-state index contributed by atoms with van der Waals surface area (Å²) in [5.41, 5.74) is 10.1. The Kier molecular flexibility index (Phi) is 3.88. The Morgan fingerprint density at radius 2 is 2.14 bits per heavy atom. The number of hydrogen-bond acceptors (Lipinski definition) is 4. The number of pyridine rings is 1. The van der Waals surface area contributed by atoms with Crippen LogP contribution in [0, 0.1) is 13.8 Å². The van der Waals surface area contributed by atoms with Gasteiger partial charge < -0.3 is 10.6 Å². The third-order valence-electron chi connectivity index (χ3n) is 4.80. The van der Waals surface area contributed by atoms with Gasteiger partial charge >= 0.3 is 0 Å². The molecule has 4 nitrogen and oxygen atoms in total. The van der Waals surface area contributed by atoms with Crippen LogP contribution >= 0.6 is 12.2 Å². The Labute approximate surface area is 132 Å². The maximum atomic E-state index is 5.98. The molecule has 0 radical (unpaired) electrons. The molecule has 21 heavy (non-hydrogen) atoms. The number of anilines is 1. The number of aromatic nitrogens is 1. The van der Waals surface area contributed by atoms with Crippen molar-refractivity contribution in [2.24, 2.45) is 5.73 Å². The molecule has 2 unspecified atom stereocenters. The average molecular weight is 304 g/mol. The molecular formula is C16H24N4S. The number of hydrogen-bond donors (Lipinski definition) is 1. The fourth-order valence-electron chi connectivity index (χ4n) is 3.86. The first-order valence-corrected chi connectivity index (χ1v) is 8.17. The highest BCUT2D eigenvalue weighted by Gasteiger charge is 2.35. The molecule has 1 aromatic heterocycles. The fourth-order valence-corrected chi connectivity index (χ4v) is 4.11. The van der Waals surface area contributed by atoms with Crippen LogP contribution in [0.5, 0.6) is 0 Å². The van der Waals surface area contributed by atoms with Gasteiger partial charge in [0.2, 0.25) is 0 Å². The molecule has 3 rings (SSSR count). The molecule has 3 heterocycles. The van der Waals surface area contributed by atoms with E-state index in [-0.39, 0.29) is 0 Å². The third kappa shape index (κ3) is 2.64. The molecular weight excluding hydrogens is 280 g/mol. The first kappa shape index (κ1) is 14.7. The zero-order valence-corrected chi connectivity index (χ0v) is 13.9. The van der Waals surface area contributed by atoms with E-state index in [9.17, 15) is 0 Å². The van der Waals surface area contributed by atoms with Gasteiger partial charge in [-0.3, -0.25) is 9.88 Å². The van der Waals surface area contributed by atoms with E-state index in [1.165, 1.54) is 25.1 Å². The summed E-state index contributed by atoms with van der Waals surface area (Å²) in [6.07, 6.45) is 2.62. The minimum Gasteiger partial charge on any atom is -0.389 e. The van der Waals surface area contributed by atoms with Crippen molar-refractivity contribution in [3.63, 3.8) is 0 Å². The highest BCUT2D eigenvalue weighted by molar-refractivity contribution is 7.80. The van der Waals surface area contributed by atoms with E-state index in [4.69, 9.17) is 18.0 Å². The summed E-state index contributed by atoms with van der Waals surface area (Å²) in [5.74, 6) is 0. The Balaban J connectivity index is 2.01. The van der Waals surface area contributed by atoms with E-state index < -0.39 is 0 Å². The Hall–Kier alpha value is -1.20. The maximum absolute atomic E-state index is 5.98. The van der Waals surface area contributed by atoms with Gasteiger partial charge in [-0.15, -0.1) is 0 Å². The van der Waals surface area contributed by atoms with E-state index >= 15 is 0 Å². The summed E-state index contributed by atoms with van der Waals surface area (Å²) in [6, 6.07) is 3.30. The normalized spacial score (nSPS) is 26.0. The van der Waals surface area contributed by atoms with Gasteiger partial charge in [0, 0.05) is 36.6 Å². The number of rotatable bonds is 2. The second-order valence-electron chi connectivity index (χ2n) is 6.40. The molecule has 0 spiro atoms. The summed E-state index contributed by atoms with van der Waals surface area (Å²) in [5, 5.41) is 0. The molecule has 0 aromatic carbocycles. The van der Waals surface area contributed by atoms with Crippen molar-refractivity contribution in [3.05, 3.63) is 23.0 Å². The largest absolute Gasteiger partial charge is 0.389 e. The molecule has 2 N–H and O–H groups in total. The molecule has 5 heteroatoms. The van der Waals surface area contributed by atoms with Crippen LogP contribution in [0.25, 0.3) is 0 Å². The summed E-state index contributed by atoms with van der Waals surface area (Å²) in [6.45, 7) is 9.78. The molecule has 2 fully saturated rings. The molecule has 2 saturated heterocycles. The first-order chi connectivity index (χ1) is 9.97. The third-order valence-corrected chi connectivity index (χ3v) is 5.00. The number of nitrogens with two attached hydrogens (primary N) is 1. The standard InChI is InChI=1S/C16H24N4S/c1-10-7-14(15(16(17)21)12(3)18-10)20-9-13-5-4-6-19(13)8-11(20)2/h7,11,13H,4-6,8-9H2,1-3H3,(H2,17,21). The predicted molar refractivity (Wildman–Crippen MR) is 91.0 cm³/mol. The van der Waals surface area contributed by atoms with Gasteiger partial charge in [0.15, 0.2) is 0 Å². The van der Waals surface area contributed by atoms with E-state index in [2.05, 4.69) is 27.8 Å². The molecule has 0 aliphatic carbocycles. The Bertz CT molecular complexity index is 572. The first-order valence-electron chi connectivity index (χ1n) is 7.76. The molecule has 0 saturated carbocycles. The lowest BCUT2D eigenvalue weighted by Crippen LogP contribution is -2.55. The predicted octanol–water partition coefficient (Wildman–Crippen LogP) is 2.01. The van der Waals surface area contributed by atoms with Crippen LogP contribution in [0.3, 0.4) is 0 Å². The van der Waals surface area contributed by atoms with Crippen molar-refractivity contribution < 1.29 is 0 Å². The SMILES string of the molecule is Cc1cc(N2CC3CCCN3CC2C)c(C(N)=S)c(C)n1. The van der Waals surface area contributed by atoms with Gasteiger partial charge in [-0.25, -0.2) is 0 Å². The lowest BCUT2D eigenvalue weighted by Gasteiger charge is -2.44. The van der Waals surface area contributed by atoms with Crippen LogP contribution in [-0.2, 0) is 0 Å². The summed E-state index contributed by atoms with van der Waals surface area (Å²) in [7, 11) is 0. The zero-order chi connectivity index (χ0) is 15.1. The smallest absolute Gasteiger partial charge is 0.107 e. The number of piperazine rings is 1. The van der Waals surface area contributed by atoms with Crippen molar-refractivity contribution in [2.45, 2.75) is 45.7 Å². The van der Waals surface area contributed by atoms with Gasteiger partial charge in [-0.05, 0) is 46.2 Å². The van der Waals surface area contributed by atoms with Crippen LogP contribution in [0.1, 0.15) is 36.7 Å². The minimum absolute atomic E-state index is 0.455. The van der Waals surface area contributed by atoms with Crippen molar-refractivity contribution >= 4 is 22.9 Å². The van der Waals surface area contributed by atoms with E-state index in [1.54, 1.807) is 0 Å². The van der Waals surface area contributed by atoms with Gasteiger partial charge in [0.05, 0.1) is 11.3 Å². The fraction of sp³-hybridized carbons (Fsp3) is 0.625. The molecule has 2 atom stereocenters. The second-order valence-corrected chi connectivity index (χ2v) is 6.84. The quantitative estimate of drug-likeness (QED) is 0.847. The van der Waals surface area contributed by atoms with Crippen molar-refractivity contribution in [1.29, 1.82) is 0 Å². The molecule has 114 valence electrons. The maximum Gasteiger partial charge on any atom is 0.107 e. The average Bonchev–Trinajstić information content (AvgIpc) is 2.83. The molecule has 1 aromatic rings. The van der Waals surface area contributed by atoms with Crippen LogP contribution in [0.15, 0.2) is 6.07 Å². The van der Waals surface area contributed by atoms with E-state index in [0.29, 0.717) is 17.1 Å². The highest BCUT2D eigenvalue weighted by Crippen LogP contribution is 2.32. The van der Waals surface area contributed by atoms with E-state index in [1.807, 2.05) is 13.8 Å². The topological polar surface area (TPSA) is 45.4 Å². The van der Waals surface area contributed by atoms with Crippen molar-refractivity contribution in [2.75, 3.05) is 24.5 Å². The monoisotopic (exact) mass is 304 g/mol. The van der Waals surface area contributed by atoms with Gasteiger partial charge in [0.1, 0.15) is 4.99 Å². The summed E-state index contributed by atoms with van der Waals surface area (Å²) < 4.78 is 0. The van der Waals surface area contributed by atoms with Gasteiger partial charge in [-0.2, -0.15) is 0 Å². The van der Waals surface area contributed by atoms with Crippen LogP contribution in [0.2, 0.25) is 0 Å². The molecule has 0 amide bonds. The van der Waals surface area contributed by atoms with Crippen LogP contribution in [0.4, 0.5) is 5.69 Å². The highest BCUT2D eigenvalue weighted by atomic mass is 32.1. The number of thiocarbonyl (C=S) groups is 1. The summed E-state index contributed by atoms with van der Waals surface area (Å²) in [4.78, 5) is 10.1. The summed E-state index contributed by atoms with van der Waals surface area (Å²) >= 11 is 5.28. The van der Waals surface area contributed by atoms with Gasteiger partial charge in [-0.1, -0.05) is 12.2 Å². The second kappa shape index (κ2) is 5.54. The van der Waals surface area contributed by atoms with Crippen LogP contribution < -0.4 is 10.6 Å².